The van der Waals surface area contributed by atoms with Gasteiger partial charge in [0.05, 0.1) is 5.69 Å². The molecular weight excluding hydrogens is 327 g/mol. The van der Waals surface area contributed by atoms with Crippen LogP contribution in [-0.2, 0) is 4.79 Å². The van der Waals surface area contributed by atoms with Gasteiger partial charge in [-0.05, 0) is 24.3 Å². The average molecular weight is 339 g/mol. The zero-order valence-corrected chi connectivity index (χ0v) is 12.0. The maximum absolute atomic E-state index is 10.6. The molecule has 3 heterocycles. The summed E-state index contributed by atoms with van der Waals surface area (Å²) in [6.45, 7) is 0. The second-order valence-corrected chi connectivity index (χ2v) is 4.61. The van der Waals surface area contributed by atoms with Crippen molar-refractivity contribution in [3.8, 4) is 11.3 Å². The van der Waals surface area contributed by atoms with Crippen LogP contribution in [0.3, 0.4) is 0 Å². The number of nitrogens with one attached hydrogen (secondary N) is 1. The fraction of sp³-hybridized carbons (Fsp3) is 0.0714. The van der Waals surface area contributed by atoms with Crippen LogP contribution >= 0.6 is 0 Å². The van der Waals surface area contributed by atoms with Gasteiger partial charge in [-0.15, -0.1) is 0 Å². The Morgan fingerprint density at radius 2 is 1.88 bits per heavy atom. The second-order valence-electron chi connectivity index (χ2n) is 4.61. The molecular formula is C14H12F3N5O2. The van der Waals surface area contributed by atoms with Gasteiger partial charge < -0.3 is 21.6 Å². The van der Waals surface area contributed by atoms with Crippen molar-refractivity contribution in [1.29, 1.82) is 0 Å². The number of aromatic nitrogens is 3. The number of pyridine rings is 2. The number of hydrogen-bond acceptors (Lipinski definition) is 5. The Morgan fingerprint density at radius 1 is 1.21 bits per heavy atom. The van der Waals surface area contributed by atoms with Crippen molar-refractivity contribution in [2.45, 2.75) is 6.18 Å². The van der Waals surface area contributed by atoms with Gasteiger partial charge in [0.25, 0.3) is 0 Å². The topological polar surface area (TPSA) is 131 Å². The Kier molecular flexibility index (Phi) is 4.58. The molecule has 0 amide bonds. The van der Waals surface area contributed by atoms with Crippen molar-refractivity contribution in [2.24, 2.45) is 0 Å². The minimum atomic E-state index is -5.08. The number of nitrogens with zero attached hydrogens (tertiary/aromatic N) is 2. The van der Waals surface area contributed by atoms with Crippen LogP contribution in [0.2, 0.25) is 0 Å². The number of alkyl halides is 3. The predicted molar refractivity (Wildman–Crippen MR) is 81.8 cm³/mol. The van der Waals surface area contributed by atoms with E-state index >= 15 is 0 Å². The normalized spacial score (nSPS) is 11.0. The van der Waals surface area contributed by atoms with Crippen LogP contribution in [0.1, 0.15) is 0 Å². The first-order valence-electron chi connectivity index (χ1n) is 6.44. The third kappa shape index (κ3) is 3.91. The number of rotatable bonds is 1. The van der Waals surface area contributed by atoms with E-state index in [9.17, 15) is 13.2 Å². The molecule has 0 aliphatic carbocycles. The smallest absolute Gasteiger partial charge is 0.475 e. The average Bonchev–Trinajstić information content (AvgIpc) is 2.94. The fourth-order valence-electron chi connectivity index (χ4n) is 1.86. The molecule has 0 unspecified atom stereocenters. The van der Waals surface area contributed by atoms with Crippen molar-refractivity contribution in [3.05, 3.63) is 36.7 Å². The van der Waals surface area contributed by atoms with Gasteiger partial charge in [0, 0.05) is 29.0 Å². The SMILES string of the molecule is Nc1ccnc(-c2cc(N)nc3[nH]ccc23)c1.O=C(O)C(F)(F)F. The Bertz CT molecular complexity index is 876. The van der Waals surface area contributed by atoms with E-state index in [1.807, 2.05) is 18.3 Å². The quantitative estimate of drug-likeness (QED) is 0.538. The molecule has 0 spiro atoms. The molecule has 0 fully saturated rings. The molecule has 0 saturated carbocycles. The predicted octanol–water partition coefficient (Wildman–Crippen LogP) is 2.42. The maximum Gasteiger partial charge on any atom is 0.490 e. The molecule has 10 heteroatoms. The number of aromatic amines is 1. The van der Waals surface area contributed by atoms with E-state index in [0.29, 0.717) is 11.5 Å². The molecule has 3 aromatic rings. The highest BCUT2D eigenvalue weighted by atomic mass is 19.4. The van der Waals surface area contributed by atoms with E-state index in [0.717, 1.165) is 22.3 Å². The number of nitrogen functional groups attached to an aromatic ring is 2. The van der Waals surface area contributed by atoms with Crippen molar-refractivity contribution in [1.82, 2.24) is 15.0 Å². The molecule has 3 aromatic heterocycles. The Hall–Kier alpha value is -3.30. The second kappa shape index (κ2) is 6.44. The number of carboxylic acid groups (broad SMARTS) is 1. The largest absolute Gasteiger partial charge is 0.490 e. The maximum atomic E-state index is 10.6. The number of halogens is 3. The molecule has 7 nitrogen and oxygen atoms in total. The lowest BCUT2D eigenvalue weighted by Crippen LogP contribution is -2.21. The zero-order valence-electron chi connectivity index (χ0n) is 12.0. The van der Waals surface area contributed by atoms with E-state index in [2.05, 4.69) is 15.0 Å². The highest BCUT2D eigenvalue weighted by Gasteiger charge is 2.38. The summed E-state index contributed by atoms with van der Waals surface area (Å²) in [6.07, 6.45) is -1.58. The Morgan fingerprint density at radius 3 is 2.46 bits per heavy atom. The summed E-state index contributed by atoms with van der Waals surface area (Å²) in [7, 11) is 0. The number of anilines is 2. The highest BCUT2D eigenvalue weighted by Crippen LogP contribution is 2.28. The summed E-state index contributed by atoms with van der Waals surface area (Å²) in [4.78, 5) is 20.4. The minimum Gasteiger partial charge on any atom is -0.475 e. The molecule has 0 saturated heterocycles. The lowest BCUT2D eigenvalue weighted by molar-refractivity contribution is -0.192. The van der Waals surface area contributed by atoms with Gasteiger partial charge in [-0.1, -0.05) is 0 Å². The number of hydrogen-bond donors (Lipinski definition) is 4. The van der Waals surface area contributed by atoms with Crippen molar-refractivity contribution in [3.63, 3.8) is 0 Å². The van der Waals surface area contributed by atoms with E-state index in [4.69, 9.17) is 21.4 Å². The van der Waals surface area contributed by atoms with E-state index in [1.165, 1.54) is 0 Å². The summed E-state index contributed by atoms with van der Waals surface area (Å²) < 4.78 is 31.7. The lowest BCUT2D eigenvalue weighted by Gasteiger charge is -2.04. The Labute approximate surface area is 133 Å². The summed E-state index contributed by atoms with van der Waals surface area (Å²) in [5, 5.41) is 8.11. The van der Waals surface area contributed by atoms with Crippen LogP contribution in [-0.4, -0.2) is 32.2 Å². The van der Waals surface area contributed by atoms with E-state index in [1.54, 1.807) is 18.3 Å². The van der Waals surface area contributed by atoms with Crippen LogP contribution in [0.25, 0.3) is 22.3 Å². The first-order valence-corrected chi connectivity index (χ1v) is 6.44. The molecule has 0 radical (unpaired) electrons. The number of fused-ring (bicyclic) bond motifs is 1. The summed E-state index contributed by atoms with van der Waals surface area (Å²) in [5.74, 6) is -2.30. The van der Waals surface area contributed by atoms with E-state index in [-0.39, 0.29) is 0 Å². The minimum absolute atomic E-state index is 0.458. The van der Waals surface area contributed by atoms with Crippen LogP contribution < -0.4 is 11.5 Å². The van der Waals surface area contributed by atoms with Crippen LogP contribution in [0.15, 0.2) is 36.7 Å². The summed E-state index contributed by atoms with van der Waals surface area (Å²) >= 11 is 0. The number of aliphatic carboxylic acids is 1. The lowest BCUT2D eigenvalue weighted by atomic mass is 10.1. The highest BCUT2D eigenvalue weighted by molar-refractivity contribution is 5.93. The monoisotopic (exact) mass is 339 g/mol. The van der Waals surface area contributed by atoms with Gasteiger partial charge in [0.15, 0.2) is 0 Å². The van der Waals surface area contributed by atoms with Gasteiger partial charge in [-0.25, -0.2) is 9.78 Å². The van der Waals surface area contributed by atoms with Crippen LogP contribution in [0, 0.1) is 0 Å². The third-order valence-corrected chi connectivity index (χ3v) is 2.85. The van der Waals surface area contributed by atoms with Crippen molar-refractivity contribution >= 4 is 28.5 Å². The van der Waals surface area contributed by atoms with Gasteiger partial charge >= 0.3 is 12.1 Å². The van der Waals surface area contributed by atoms with Gasteiger partial charge in [-0.2, -0.15) is 13.2 Å². The molecule has 126 valence electrons. The Balaban J connectivity index is 0.000000256. The molecule has 0 bridgehead atoms. The molecule has 0 atom stereocenters. The fourth-order valence-corrected chi connectivity index (χ4v) is 1.86. The first-order chi connectivity index (χ1) is 11.2. The number of carboxylic acids is 1. The first kappa shape index (κ1) is 17.1. The van der Waals surface area contributed by atoms with Crippen molar-refractivity contribution < 1.29 is 23.1 Å². The summed E-state index contributed by atoms with van der Waals surface area (Å²) in [6, 6.07) is 7.32. The number of H-pyrrole nitrogens is 1. The standard InChI is InChI=1S/C12H11N5.C2HF3O2/c13-7-1-3-15-10(5-7)9-6-11(14)17-12-8(9)2-4-16-12;3-2(4,5)1(6)7/h1-6H,(H2,13,15)(H3,14,16,17);(H,6,7). The molecule has 0 aliphatic rings. The van der Waals surface area contributed by atoms with E-state index < -0.39 is 12.1 Å². The number of carbonyl (C=O) groups is 1. The van der Waals surface area contributed by atoms with Crippen LogP contribution in [0.4, 0.5) is 24.7 Å². The van der Waals surface area contributed by atoms with Gasteiger partial charge in [0.1, 0.15) is 11.5 Å². The third-order valence-electron chi connectivity index (χ3n) is 2.85. The zero-order chi connectivity index (χ0) is 17.9. The molecule has 0 aromatic carbocycles. The molecule has 0 aliphatic heterocycles. The van der Waals surface area contributed by atoms with Crippen molar-refractivity contribution in [2.75, 3.05) is 11.5 Å². The summed E-state index contributed by atoms with van der Waals surface area (Å²) in [5.41, 5.74) is 14.7. The molecule has 24 heavy (non-hydrogen) atoms. The van der Waals surface area contributed by atoms with Gasteiger partial charge in [0.2, 0.25) is 0 Å². The molecule has 3 rings (SSSR count). The number of nitrogens with two attached hydrogens (primary N) is 2. The van der Waals surface area contributed by atoms with Gasteiger partial charge in [-0.3, -0.25) is 4.98 Å². The van der Waals surface area contributed by atoms with Crippen LogP contribution in [0.5, 0.6) is 0 Å². The molecule has 6 N–H and O–H groups in total.